The fraction of sp³-hybridized carbons (Fsp3) is 0.273. The number of ether oxygens (including phenoxy) is 1. The molecular weight excluding hydrogens is 178 g/mol. The van der Waals surface area contributed by atoms with Crippen molar-refractivity contribution in [1.29, 1.82) is 0 Å². The largest absolute Gasteiger partial charge is 0.490 e. The Hall–Kier alpha value is -1.64. The fourth-order valence-electron chi connectivity index (χ4n) is 1.52. The summed E-state index contributed by atoms with van der Waals surface area (Å²) in [5.74, 6) is 0.844. The molecule has 0 aliphatic heterocycles. The van der Waals surface area contributed by atoms with Gasteiger partial charge in [-0.25, -0.2) is 0 Å². The normalized spacial score (nSPS) is 16.0. The summed E-state index contributed by atoms with van der Waals surface area (Å²) >= 11 is 0. The number of hydrogen-bond donors (Lipinski definition) is 1. The first kappa shape index (κ1) is 7.74. The maximum Gasteiger partial charge on any atom is 0.139 e. The number of anilines is 1. The highest BCUT2D eigenvalue weighted by Crippen LogP contribution is 2.34. The van der Waals surface area contributed by atoms with Crippen LogP contribution >= 0.6 is 0 Å². The molecule has 1 aliphatic carbocycles. The minimum atomic E-state index is 0.384. The predicted octanol–water partition coefficient (Wildman–Crippen LogP) is 2.56. The van der Waals surface area contributed by atoms with Gasteiger partial charge in [0.15, 0.2) is 0 Å². The molecule has 0 saturated heterocycles. The van der Waals surface area contributed by atoms with Gasteiger partial charge >= 0.3 is 0 Å². The smallest absolute Gasteiger partial charge is 0.139 e. The average Bonchev–Trinajstić information content (AvgIpc) is 2.81. The van der Waals surface area contributed by atoms with Crippen molar-refractivity contribution in [3.05, 3.63) is 24.5 Å². The van der Waals surface area contributed by atoms with Crippen LogP contribution in [-0.2, 0) is 0 Å². The van der Waals surface area contributed by atoms with Gasteiger partial charge in [0.25, 0.3) is 0 Å². The summed E-state index contributed by atoms with van der Waals surface area (Å²) in [5, 5.41) is 1.01. The maximum absolute atomic E-state index is 5.74. The van der Waals surface area contributed by atoms with Gasteiger partial charge in [-0.05, 0) is 18.9 Å². The second-order valence-electron chi connectivity index (χ2n) is 3.67. The zero-order chi connectivity index (χ0) is 9.54. The van der Waals surface area contributed by atoms with Gasteiger partial charge in [-0.1, -0.05) is 0 Å². The molecule has 1 heterocycles. The molecule has 3 rings (SSSR count). The van der Waals surface area contributed by atoms with Crippen LogP contribution in [0.2, 0.25) is 0 Å². The van der Waals surface area contributed by atoms with Crippen molar-refractivity contribution in [2.24, 2.45) is 0 Å². The van der Waals surface area contributed by atoms with Crippen LogP contribution in [0, 0.1) is 0 Å². The number of nitrogen functional groups attached to an aromatic ring is 1. The second-order valence-corrected chi connectivity index (χ2v) is 3.67. The van der Waals surface area contributed by atoms with Crippen LogP contribution in [0.15, 0.2) is 28.9 Å². The van der Waals surface area contributed by atoms with Crippen LogP contribution in [0.3, 0.4) is 0 Å². The lowest BCUT2D eigenvalue weighted by atomic mass is 10.2. The predicted molar refractivity (Wildman–Crippen MR) is 54.3 cm³/mol. The molecule has 3 nitrogen and oxygen atoms in total. The van der Waals surface area contributed by atoms with Crippen molar-refractivity contribution in [3.63, 3.8) is 0 Å². The number of benzene rings is 1. The molecule has 72 valence electrons. The molecule has 14 heavy (non-hydrogen) atoms. The maximum atomic E-state index is 5.74. The minimum absolute atomic E-state index is 0.384. The second kappa shape index (κ2) is 2.67. The van der Waals surface area contributed by atoms with E-state index in [2.05, 4.69) is 0 Å². The summed E-state index contributed by atoms with van der Waals surface area (Å²) in [6, 6.07) is 5.58. The lowest BCUT2D eigenvalue weighted by Crippen LogP contribution is -1.97. The van der Waals surface area contributed by atoms with Gasteiger partial charge in [-0.2, -0.15) is 0 Å². The van der Waals surface area contributed by atoms with Crippen molar-refractivity contribution in [2.45, 2.75) is 18.9 Å². The molecule has 0 amide bonds. The topological polar surface area (TPSA) is 48.4 Å². The van der Waals surface area contributed by atoms with E-state index in [1.807, 2.05) is 18.2 Å². The van der Waals surface area contributed by atoms with E-state index >= 15 is 0 Å². The van der Waals surface area contributed by atoms with E-state index < -0.39 is 0 Å². The third kappa shape index (κ3) is 1.21. The first-order valence-corrected chi connectivity index (χ1v) is 4.76. The molecule has 0 radical (unpaired) electrons. The Bertz CT molecular complexity index is 471. The number of rotatable bonds is 2. The van der Waals surface area contributed by atoms with Crippen LogP contribution in [0.4, 0.5) is 5.69 Å². The monoisotopic (exact) mass is 189 g/mol. The summed E-state index contributed by atoms with van der Waals surface area (Å²) < 4.78 is 11.0. The third-order valence-corrected chi connectivity index (χ3v) is 2.37. The number of hydrogen-bond acceptors (Lipinski definition) is 3. The van der Waals surface area contributed by atoms with E-state index in [1.165, 1.54) is 0 Å². The standard InChI is InChI=1S/C11H11NO2/c12-7-5-10-9(3-4-13-10)11(6-7)14-8-1-2-8/h3-6,8H,1-2,12H2. The van der Waals surface area contributed by atoms with Crippen LogP contribution < -0.4 is 10.5 Å². The van der Waals surface area contributed by atoms with Gasteiger partial charge in [0, 0.05) is 17.8 Å². The molecule has 0 spiro atoms. The Morgan fingerprint density at radius 3 is 3.00 bits per heavy atom. The molecule has 2 N–H and O–H groups in total. The lowest BCUT2D eigenvalue weighted by molar-refractivity contribution is 0.307. The first-order valence-electron chi connectivity index (χ1n) is 4.76. The zero-order valence-corrected chi connectivity index (χ0v) is 7.69. The molecule has 1 aliphatic rings. The number of fused-ring (bicyclic) bond motifs is 1. The molecule has 1 fully saturated rings. The number of furan rings is 1. The van der Waals surface area contributed by atoms with Crippen molar-refractivity contribution < 1.29 is 9.15 Å². The van der Waals surface area contributed by atoms with Crippen molar-refractivity contribution in [2.75, 3.05) is 5.73 Å². The highest BCUT2D eigenvalue weighted by Gasteiger charge is 2.24. The molecular formula is C11H11NO2. The van der Waals surface area contributed by atoms with E-state index in [4.69, 9.17) is 14.9 Å². The first-order chi connectivity index (χ1) is 6.83. The Labute approximate surface area is 81.4 Å². The third-order valence-electron chi connectivity index (χ3n) is 2.37. The van der Waals surface area contributed by atoms with Gasteiger partial charge in [0.1, 0.15) is 11.3 Å². The molecule has 1 saturated carbocycles. The molecule has 2 aromatic rings. The molecule has 1 aromatic carbocycles. The fourth-order valence-corrected chi connectivity index (χ4v) is 1.52. The van der Waals surface area contributed by atoms with E-state index in [1.54, 1.807) is 6.26 Å². The van der Waals surface area contributed by atoms with Gasteiger partial charge in [-0.15, -0.1) is 0 Å². The molecule has 0 unspecified atom stereocenters. The SMILES string of the molecule is Nc1cc(OC2CC2)c2ccoc2c1. The highest BCUT2D eigenvalue weighted by atomic mass is 16.5. The summed E-state index contributed by atoms with van der Waals surface area (Å²) in [6.07, 6.45) is 4.33. The van der Waals surface area contributed by atoms with Crippen LogP contribution in [0.25, 0.3) is 11.0 Å². The molecule has 0 bridgehead atoms. The van der Waals surface area contributed by atoms with Gasteiger partial charge < -0.3 is 14.9 Å². The summed E-state index contributed by atoms with van der Waals surface area (Å²) in [5.41, 5.74) is 7.22. The lowest BCUT2D eigenvalue weighted by Gasteiger charge is -2.05. The Morgan fingerprint density at radius 2 is 2.21 bits per heavy atom. The Kier molecular flexibility index (Phi) is 1.48. The van der Waals surface area contributed by atoms with Crippen molar-refractivity contribution in [3.8, 4) is 5.75 Å². The Morgan fingerprint density at radius 1 is 1.36 bits per heavy atom. The van der Waals surface area contributed by atoms with Gasteiger partial charge in [0.2, 0.25) is 0 Å². The van der Waals surface area contributed by atoms with E-state index in [9.17, 15) is 0 Å². The molecule has 3 heteroatoms. The van der Waals surface area contributed by atoms with E-state index in [-0.39, 0.29) is 0 Å². The average molecular weight is 189 g/mol. The Balaban J connectivity index is 2.13. The molecule has 1 aromatic heterocycles. The quantitative estimate of drug-likeness (QED) is 0.738. The van der Waals surface area contributed by atoms with E-state index in [0.717, 1.165) is 29.6 Å². The van der Waals surface area contributed by atoms with Crippen LogP contribution in [-0.4, -0.2) is 6.10 Å². The van der Waals surface area contributed by atoms with Crippen LogP contribution in [0.1, 0.15) is 12.8 Å². The summed E-state index contributed by atoms with van der Waals surface area (Å²) in [4.78, 5) is 0. The van der Waals surface area contributed by atoms with Gasteiger partial charge in [-0.3, -0.25) is 0 Å². The summed E-state index contributed by atoms with van der Waals surface area (Å²) in [6.45, 7) is 0. The minimum Gasteiger partial charge on any atom is -0.490 e. The van der Waals surface area contributed by atoms with Crippen molar-refractivity contribution in [1.82, 2.24) is 0 Å². The molecule has 0 atom stereocenters. The van der Waals surface area contributed by atoms with Crippen molar-refractivity contribution >= 4 is 16.7 Å². The van der Waals surface area contributed by atoms with Crippen LogP contribution in [0.5, 0.6) is 5.75 Å². The zero-order valence-electron chi connectivity index (χ0n) is 7.69. The summed E-state index contributed by atoms with van der Waals surface area (Å²) in [7, 11) is 0. The van der Waals surface area contributed by atoms with Gasteiger partial charge in [0.05, 0.1) is 17.8 Å². The van der Waals surface area contributed by atoms with E-state index in [0.29, 0.717) is 11.8 Å². The highest BCUT2D eigenvalue weighted by molar-refractivity contribution is 5.87. The number of nitrogens with two attached hydrogens (primary N) is 1.